The number of hydrogen-bond acceptors (Lipinski definition) is 4. The molecule has 2 aromatic rings. The van der Waals surface area contributed by atoms with Crippen LogP contribution in [0, 0.1) is 0 Å². The lowest BCUT2D eigenvalue weighted by molar-refractivity contribution is 0.0698. The van der Waals surface area contributed by atoms with Gasteiger partial charge in [-0.25, -0.2) is 4.79 Å². The largest absolute Gasteiger partial charge is 0.478 e. The second kappa shape index (κ2) is 5.23. The molecule has 0 aliphatic rings. The predicted molar refractivity (Wildman–Crippen MR) is 71.8 cm³/mol. The average Bonchev–Trinajstić information content (AvgIpc) is 2.95. The molecule has 2 N–H and O–H groups in total. The molecule has 0 aromatic carbocycles. The zero-order valence-electron chi connectivity index (χ0n) is 10.5. The minimum Gasteiger partial charge on any atom is -0.478 e. The number of aryl methyl sites for hydroxylation is 2. The van der Waals surface area contributed by atoms with Gasteiger partial charge in [0.2, 0.25) is 0 Å². The Morgan fingerprint density at radius 1 is 1.53 bits per heavy atom. The van der Waals surface area contributed by atoms with Crippen LogP contribution < -0.4 is 5.32 Å². The Morgan fingerprint density at radius 2 is 2.26 bits per heavy atom. The Kier molecular flexibility index (Phi) is 3.66. The van der Waals surface area contributed by atoms with Gasteiger partial charge in [-0.3, -0.25) is 9.48 Å². The molecule has 2 aromatic heterocycles. The molecule has 0 aliphatic carbocycles. The van der Waals surface area contributed by atoms with Crippen molar-refractivity contribution in [2.75, 3.05) is 5.32 Å². The third-order valence-corrected chi connectivity index (χ3v) is 3.48. The molecule has 7 heteroatoms. The van der Waals surface area contributed by atoms with Crippen molar-refractivity contribution in [1.82, 2.24) is 9.78 Å². The summed E-state index contributed by atoms with van der Waals surface area (Å²) in [6, 6.07) is 3.16. The topological polar surface area (TPSA) is 84.2 Å². The number of anilines is 1. The molecule has 0 fully saturated rings. The van der Waals surface area contributed by atoms with E-state index in [-0.39, 0.29) is 11.5 Å². The van der Waals surface area contributed by atoms with Crippen LogP contribution in [0.4, 0.5) is 5.00 Å². The van der Waals surface area contributed by atoms with Crippen LogP contribution in [0.25, 0.3) is 0 Å². The van der Waals surface area contributed by atoms with Crippen molar-refractivity contribution in [1.29, 1.82) is 0 Å². The number of carboxylic acids is 1. The molecule has 0 saturated carbocycles. The summed E-state index contributed by atoms with van der Waals surface area (Å²) in [6.07, 6.45) is 0.737. The Hall–Kier alpha value is -2.15. The number of nitrogens with one attached hydrogen (secondary N) is 1. The zero-order valence-corrected chi connectivity index (χ0v) is 11.3. The van der Waals surface area contributed by atoms with Crippen LogP contribution in [0.3, 0.4) is 0 Å². The maximum absolute atomic E-state index is 12.1. The molecule has 1 amide bonds. The van der Waals surface area contributed by atoms with Crippen molar-refractivity contribution in [2.24, 2.45) is 7.05 Å². The SMILES string of the molecule is CCc1cc(C(=O)Nc2sccc2C(=O)O)n(C)n1. The lowest BCUT2D eigenvalue weighted by Gasteiger charge is -2.03. The summed E-state index contributed by atoms with van der Waals surface area (Å²) in [5, 5.41) is 17.7. The molecule has 0 spiro atoms. The molecule has 100 valence electrons. The summed E-state index contributed by atoms with van der Waals surface area (Å²) in [6.45, 7) is 1.95. The third kappa shape index (κ3) is 2.65. The first-order chi connectivity index (χ1) is 9.02. The molecular weight excluding hydrogens is 266 g/mol. The van der Waals surface area contributed by atoms with E-state index in [0.29, 0.717) is 10.7 Å². The van der Waals surface area contributed by atoms with Crippen molar-refractivity contribution in [3.63, 3.8) is 0 Å². The molecular formula is C12H13N3O3S. The van der Waals surface area contributed by atoms with Crippen molar-refractivity contribution in [3.8, 4) is 0 Å². The Balaban J connectivity index is 2.23. The normalized spacial score (nSPS) is 10.4. The highest BCUT2D eigenvalue weighted by Gasteiger charge is 2.17. The van der Waals surface area contributed by atoms with E-state index >= 15 is 0 Å². The van der Waals surface area contributed by atoms with Crippen LogP contribution in [-0.4, -0.2) is 26.8 Å². The van der Waals surface area contributed by atoms with Gasteiger partial charge in [0.1, 0.15) is 10.7 Å². The number of hydrogen-bond donors (Lipinski definition) is 2. The molecule has 0 unspecified atom stereocenters. The molecule has 0 saturated heterocycles. The van der Waals surface area contributed by atoms with Crippen LogP contribution >= 0.6 is 11.3 Å². The first-order valence-corrected chi connectivity index (χ1v) is 6.56. The molecule has 6 nitrogen and oxygen atoms in total. The third-order valence-electron chi connectivity index (χ3n) is 2.65. The first kappa shape index (κ1) is 13.3. The van der Waals surface area contributed by atoms with Gasteiger partial charge in [-0.05, 0) is 23.9 Å². The summed E-state index contributed by atoms with van der Waals surface area (Å²) in [7, 11) is 1.68. The zero-order chi connectivity index (χ0) is 14.0. The van der Waals surface area contributed by atoms with Crippen molar-refractivity contribution >= 4 is 28.2 Å². The monoisotopic (exact) mass is 279 g/mol. The molecule has 0 radical (unpaired) electrons. The number of aromatic nitrogens is 2. The molecule has 0 atom stereocenters. The summed E-state index contributed by atoms with van der Waals surface area (Å²) < 4.78 is 1.49. The van der Waals surface area contributed by atoms with Crippen LogP contribution in [-0.2, 0) is 13.5 Å². The Labute approximate surface area is 113 Å². The van der Waals surface area contributed by atoms with Crippen LogP contribution in [0.15, 0.2) is 17.5 Å². The number of rotatable bonds is 4. The number of carbonyl (C=O) groups excluding carboxylic acids is 1. The highest BCUT2D eigenvalue weighted by atomic mass is 32.1. The van der Waals surface area contributed by atoms with E-state index in [2.05, 4.69) is 10.4 Å². The predicted octanol–water partition coefficient (Wildman–Crippen LogP) is 1.99. The van der Waals surface area contributed by atoms with E-state index in [9.17, 15) is 9.59 Å². The molecule has 0 aliphatic heterocycles. The van der Waals surface area contributed by atoms with Gasteiger partial charge >= 0.3 is 5.97 Å². The maximum atomic E-state index is 12.1. The number of amides is 1. The van der Waals surface area contributed by atoms with Gasteiger partial charge in [-0.1, -0.05) is 6.92 Å². The fourth-order valence-corrected chi connectivity index (χ4v) is 2.43. The van der Waals surface area contributed by atoms with E-state index in [1.807, 2.05) is 6.92 Å². The van der Waals surface area contributed by atoms with Crippen LogP contribution in [0.2, 0.25) is 0 Å². The molecule has 19 heavy (non-hydrogen) atoms. The fraction of sp³-hybridized carbons (Fsp3) is 0.250. The van der Waals surface area contributed by atoms with Gasteiger partial charge in [0.05, 0.1) is 11.3 Å². The Bertz CT molecular complexity index is 630. The van der Waals surface area contributed by atoms with Crippen LogP contribution in [0.5, 0.6) is 0 Å². The van der Waals surface area contributed by atoms with Crippen molar-refractivity contribution in [3.05, 3.63) is 34.5 Å². The molecule has 2 rings (SSSR count). The van der Waals surface area contributed by atoms with Gasteiger partial charge in [0.25, 0.3) is 5.91 Å². The lowest BCUT2D eigenvalue weighted by atomic mass is 10.3. The Morgan fingerprint density at radius 3 is 2.84 bits per heavy atom. The number of aromatic carboxylic acids is 1. The van der Waals surface area contributed by atoms with E-state index < -0.39 is 5.97 Å². The quantitative estimate of drug-likeness (QED) is 0.896. The lowest BCUT2D eigenvalue weighted by Crippen LogP contribution is -2.16. The van der Waals surface area contributed by atoms with Gasteiger partial charge in [-0.15, -0.1) is 11.3 Å². The second-order valence-electron chi connectivity index (χ2n) is 3.92. The van der Waals surface area contributed by atoms with E-state index in [1.54, 1.807) is 18.5 Å². The standard InChI is InChI=1S/C12H13N3O3S/c1-3-7-6-9(15(2)14-7)10(16)13-11-8(12(17)18)4-5-19-11/h4-6H,3H2,1-2H3,(H,13,16)(H,17,18). The van der Waals surface area contributed by atoms with Gasteiger partial charge in [0.15, 0.2) is 0 Å². The van der Waals surface area contributed by atoms with E-state index in [4.69, 9.17) is 5.11 Å². The van der Waals surface area contributed by atoms with Crippen molar-refractivity contribution < 1.29 is 14.7 Å². The molecule has 0 bridgehead atoms. The van der Waals surface area contributed by atoms with Gasteiger partial charge < -0.3 is 10.4 Å². The molecule has 2 heterocycles. The maximum Gasteiger partial charge on any atom is 0.338 e. The smallest absolute Gasteiger partial charge is 0.338 e. The minimum atomic E-state index is -1.06. The average molecular weight is 279 g/mol. The fourth-order valence-electron chi connectivity index (χ4n) is 1.65. The number of thiophene rings is 1. The first-order valence-electron chi connectivity index (χ1n) is 5.68. The van der Waals surface area contributed by atoms with Crippen molar-refractivity contribution in [2.45, 2.75) is 13.3 Å². The summed E-state index contributed by atoms with van der Waals surface area (Å²) in [4.78, 5) is 23.0. The van der Waals surface area contributed by atoms with E-state index in [0.717, 1.165) is 12.1 Å². The van der Waals surface area contributed by atoms with Crippen LogP contribution in [0.1, 0.15) is 33.5 Å². The van der Waals surface area contributed by atoms with Gasteiger partial charge in [-0.2, -0.15) is 5.10 Å². The summed E-state index contributed by atoms with van der Waals surface area (Å²) >= 11 is 1.18. The summed E-state index contributed by atoms with van der Waals surface area (Å²) in [5.74, 6) is -1.42. The minimum absolute atomic E-state index is 0.0937. The van der Waals surface area contributed by atoms with E-state index in [1.165, 1.54) is 22.1 Å². The number of carboxylic acid groups (broad SMARTS) is 1. The number of carbonyl (C=O) groups is 2. The summed E-state index contributed by atoms with van der Waals surface area (Å²) in [5.41, 5.74) is 1.31. The highest BCUT2D eigenvalue weighted by molar-refractivity contribution is 7.14. The van der Waals surface area contributed by atoms with Gasteiger partial charge in [0, 0.05) is 7.05 Å². The second-order valence-corrected chi connectivity index (χ2v) is 4.84. The highest BCUT2D eigenvalue weighted by Crippen LogP contribution is 2.23. The number of nitrogens with zero attached hydrogens (tertiary/aromatic N) is 2.